The first kappa shape index (κ1) is 10.1. The van der Waals surface area contributed by atoms with Crippen LogP contribution in [-0.4, -0.2) is 5.97 Å². The third kappa shape index (κ3) is 1.82. The summed E-state index contributed by atoms with van der Waals surface area (Å²) in [7, 11) is 0. The molecule has 0 aliphatic carbocycles. The predicted octanol–water partition coefficient (Wildman–Crippen LogP) is 3.14. The van der Waals surface area contributed by atoms with Crippen molar-refractivity contribution < 1.29 is 9.53 Å². The van der Waals surface area contributed by atoms with Gasteiger partial charge in [0.25, 0.3) is 0 Å². The van der Waals surface area contributed by atoms with Gasteiger partial charge < -0.3 is 4.74 Å². The van der Waals surface area contributed by atoms with Gasteiger partial charge in [-0.1, -0.05) is 48.5 Å². The summed E-state index contributed by atoms with van der Waals surface area (Å²) < 4.78 is 5.46. The van der Waals surface area contributed by atoms with E-state index in [2.05, 4.69) is 0 Å². The first-order valence-electron chi connectivity index (χ1n) is 5.68. The molecule has 0 aromatic heterocycles. The Morgan fingerprint density at radius 1 is 0.941 bits per heavy atom. The van der Waals surface area contributed by atoms with Gasteiger partial charge in [0.05, 0.1) is 5.56 Å². The minimum Gasteiger partial charge on any atom is -0.454 e. The third-order valence-corrected chi connectivity index (χ3v) is 3.06. The van der Waals surface area contributed by atoms with Gasteiger partial charge in [-0.15, -0.1) is 0 Å². The SMILES string of the molecule is O=C1O[C@@H](c2ccccc2)Cc2ccccc21. The third-order valence-electron chi connectivity index (χ3n) is 3.06. The number of cyclic esters (lactones) is 1. The van der Waals surface area contributed by atoms with Gasteiger partial charge in [-0.2, -0.15) is 0 Å². The van der Waals surface area contributed by atoms with Crippen LogP contribution in [0.4, 0.5) is 0 Å². The second-order valence-electron chi connectivity index (χ2n) is 4.17. The molecule has 0 spiro atoms. The second kappa shape index (κ2) is 4.06. The zero-order chi connectivity index (χ0) is 11.7. The van der Waals surface area contributed by atoms with E-state index in [-0.39, 0.29) is 12.1 Å². The smallest absolute Gasteiger partial charge is 0.339 e. The van der Waals surface area contributed by atoms with Crippen LogP contribution < -0.4 is 0 Å². The number of ether oxygens (including phenoxy) is 1. The predicted molar refractivity (Wildman–Crippen MR) is 64.7 cm³/mol. The van der Waals surface area contributed by atoms with Gasteiger partial charge in [-0.25, -0.2) is 4.79 Å². The summed E-state index contributed by atoms with van der Waals surface area (Å²) in [5.74, 6) is -0.222. The van der Waals surface area contributed by atoms with Crippen molar-refractivity contribution in [1.29, 1.82) is 0 Å². The van der Waals surface area contributed by atoms with Crippen LogP contribution in [0.5, 0.6) is 0 Å². The lowest BCUT2D eigenvalue weighted by Crippen LogP contribution is -2.21. The lowest BCUT2D eigenvalue weighted by Gasteiger charge is -2.24. The van der Waals surface area contributed by atoms with Crippen molar-refractivity contribution in [2.75, 3.05) is 0 Å². The van der Waals surface area contributed by atoms with E-state index in [1.54, 1.807) is 0 Å². The molecule has 3 rings (SSSR count). The Morgan fingerprint density at radius 2 is 1.65 bits per heavy atom. The fourth-order valence-electron chi connectivity index (χ4n) is 2.19. The van der Waals surface area contributed by atoms with Crippen LogP contribution in [0.15, 0.2) is 54.6 Å². The first-order chi connectivity index (χ1) is 8.34. The molecule has 0 saturated heterocycles. The summed E-state index contributed by atoms with van der Waals surface area (Å²) in [5.41, 5.74) is 2.81. The Bertz CT molecular complexity index is 546. The van der Waals surface area contributed by atoms with Gasteiger partial charge in [0.2, 0.25) is 0 Å². The normalized spacial score (nSPS) is 18.4. The monoisotopic (exact) mass is 224 g/mol. The van der Waals surface area contributed by atoms with E-state index in [0.717, 1.165) is 17.5 Å². The molecule has 2 nitrogen and oxygen atoms in total. The standard InChI is InChI=1S/C15H12O2/c16-15-13-9-5-4-8-12(13)10-14(17-15)11-6-2-1-3-7-11/h1-9,14H,10H2/t14-/m1/s1. The molecule has 0 saturated carbocycles. The summed E-state index contributed by atoms with van der Waals surface area (Å²) in [6.07, 6.45) is 0.602. The second-order valence-corrected chi connectivity index (χ2v) is 4.17. The van der Waals surface area contributed by atoms with Crippen LogP contribution in [0.1, 0.15) is 27.6 Å². The number of fused-ring (bicyclic) bond motifs is 1. The topological polar surface area (TPSA) is 26.3 Å². The number of hydrogen-bond donors (Lipinski definition) is 0. The quantitative estimate of drug-likeness (QED) is 0.695. The number of rotatable bonds is 1. The van der Waals surface area contributed by atoms with E-state index in [4.69, 9.17) is 4.74 Å². The molecule has 1 aliphatic heterocycles. The maximum atomic E-state index is 11.8. The molecule has 1 atom stereocenters. The van der Waals surface area contributed by atoms with Gasteiger partial charge in [0.1, 0.15) is 6.10 Å². The maximum Gasteiger partial charge on any atom is 0.339 e. The fourth-order valence-corrected chi connectivity index (χ4v) is 2.19. The molecular weight excluding hydrogens is 212 g/mol. The summed E-state index contributed by atoms with van der Waals surface area (Å²) in [6.45, 7) is 0. The molecule has 2 aromatic carbocycles. The van der Waals surface area contributed by atoms with E-state index in [0.29, 0.717) is 5.56 Å². The van der Waals surface area contributed by atoms with E-state index < -0.39 is 0 Å². The summed E-state index contributed by atoms with van der Waals surface area (Å²) in [5, 5.41) is 0. The van der Waals surface area contributed by atoms with Crippen LogP contribution in [0.3, 0.4) is 0 Å². The zero-order valence-electron chi connectivity index (χ0n) is 9.30. The zero-order valence-corrected chi connectivity index (χ0v) is 9.30. The van der Waals surface area contributed by atoms with Crippen LogP contribution in [0, 0.1) is 0 Å². The molecule has 0 fully saturated rings. The number of carbonyl (C=O) groups is 1. The Hall–Kier alpha value is -2.09. The van der Waals surface area contributed by atoms with Crippen molar-refractivity contribution in [2.24, 2.45) is 0 Å². The van der Waals surface area contributed by atoms with Gasteiger partial charge >= 0.3 is 5.97 Å². The molecule has 0 unspecified atom stereocenters. The van der Waals surface area contributed by atoms with E-state index in [1.165, 1.54) is 0 Å². The summed E-state index contributed by atoms with van der Waals surface area (Å²) in [4.78, 5) is 11.8. The van der Waals surface area contributed by atoms with Crippen LogP contribution in [-0.2, 0) is 11.2 Å². The number of hydrogen-bond acceptors (Lipinski definition) is 2. The van der Waals surface area contributed by atoms with Crippen LogP contribution in [0.25, 0.3) is 0 Å². The molecule has 0 radical (unpaired) electrons. The van der Waals surface area contributed by atoms with E-state index in [1.807, 2.05) is 54.6 Å². The van der Waals surface area contributed by atoms with Gasteiger partial charge in [0, 0.05) is 6.42 Å². The summed E-state index contributed by atoms with van der Waals surface area (Å²) in [6, 6.07) is 17.5. The Morgan fingerprint density at radius 3 is 2.47 bits per heavy atom. The van der Waals surface area contributed by atoms with E-state index in [9.17, 15) is 4.79 Å². The van der Waals surface area contributed by atoms with Gasteiger partial charge in [-0.05, 0) is 17.2 Å². The van der Waals surface area contributed by atoms with Gasteiger partial charge in [-0.3, -0.25) is 0 Å². The van der Waals surface area contributed by atoms with Crippen molar-refractivity contribution in [1.82, 2.24) is 0 Å². The van der Waals surface area contributed by atoms with Crippen LogP contribution >= 0.6 is 0 Å². The Balaban J connectivity index is 1.97. The van der Waals surface area contributed by atoms with Crippen molar-refractivity contribution in [3.63, 3.8) is 0 Å². The van der Waals surface area contributed by atoms with Crippen molar-refractivity contribution in [3.8, 4) is 0 Å². The fraction of sp³-hybridized carbons (Fsp3) is 0.133. The molecule has 1 aliphatic rings. The lowest BCUT2D eigenvalue weighted by molar-refractivity contribution is 0.0253. The molecule has 2 aromatic rings. The number of esters is 1. The first-order valence-corrected chi connectivity index (χ1v) is 5.68. The average Bonchev–Trinajstić information content (AvgIpc) is 2.40. The molecule has 0 amide bonds. The summed E-state index contributed by atoms with van der Waals surface area (Å²) >= 11 is 0. The molecule has 0 N–H and O–H groups in total. The van der Waals surface area contributed by atoms with Gasteiger partial charge in [0.15, 0.2) is 0 Å². The molecule has 84 valence electrons. The highest BCUT2D eigenvalue weighted by atomic mass is 16.5. The molecule has 1 heterocycles. The minimum absolute atomic E-state index is 0.154. The largest absolute Gasteiger partial charge is 0.454 e. The Labute approximate surface area is 99.9 Å². The van der Waals surface area contributed by atoms with Crippen LogP contribution in [0.2, 0.25) is 0 Å². The minimum atomic E-state index is -0.222. The highest BCUT2D eigenvalue weighted by molar-refractivity contribution is 5.92. The molecule has 0 bridgehead atoms. The maximum absolute atomic E-state index is 11.8. The average molecular weight is 224 g/mol. The number of benzene rings is 2. The Kier molecular flexibility index (Phi) is 2.41. The van der Waals surface area contributed by atoms with Crippen molar-refractivity contribution in [3.05, 3.63) is 71.3 Å². The molecule has 2 heteroatoms. The number of carbonyl (C=O) groups excluding carboxylic acids is 1. The van der Waals surface area contributed by atoms with Crippen molar-refractivity contribution >= 4 is 5.97 Å². The van der Waals surface area contributed by atoms with Crippen molar-refractivity contribution in [2.45, 2.75) is 12.5 Å². The highest BCUT2D eigenvalue weighted by Gasteiger charge is 2.26. The lowest BCUT2D eigenvalue weighted by atomic mass is 9.95. The van der Waals surface area contributed by atoms with E-state index >= 15 is 0 Å². The molecular formula is C15H12O2. The highest BCUT2D eigenvalue weighted by Crippen LogP contribution is 2.29. The molecule has 17 heavy (non-hydrogen) atoms.